The number of carbonyl (C=O) groups is 1. The largest absolute Gasteiger partial charge is 0.480 e. The van der Waals surface area contributed by atoms with Gasteiger partial charge in [0.15, 0.2) is 0 Å². The molecule has 2 atom stereocenters. The molecule has 0 aliphatic carbocycles. The third-order valence-electron chi connectivity index (χ3n) is 1.40. The molecule has 78 valence electrons. The van der Waals surface area contributed by atoms with Crippen molar-refractivity contribution in [2.45, 2.75) is 26.1 Å². The zero-order valence-electron chi connectivity index (χ0n) is 7.97. The minimum atomic E-state index is -0.957. The SMILES string of the molecule is CC(O)CN(CC(=O)O)CC(C)O. The van der Waals surface area contributed by atoms with E-state index in [1.807, 2.05) is 0 Å². The molecule has 5 nitrogen and oxygen atoms in total. The smallest absolute Gasteiger partial charge is 0.317 e. The van der Waals surface area contributed by atoms with Gasteiger partial charge < -0.3 is 15.3 Å². The van der Waals surface area contributed by atoms with Crippen LogP contribution in [0.4, 0.5) is 0 Å². The number of aliphatic hydroxyl groups excluding tert-OH is 2. The Morgan fingerprint density at radius 1 is 1.23 bits per heavy atom. The van der Waals surface area contributed by atoms with Crippen molar-refractivity contribution >= 4 is 5.97 Å². The van der Waals surface area contributed by atoms with Crippen molar-refractivity contribution in [2.24, 2.45) is 0 Å². The van der Waals surface area contributed by atoms with Crippen molar-refractivity contribution < 1.29 is 20.1 Å². The van der Waals surface area contributed by atoms with Crippen LogP contribution in [-0.4, -0.2) is 58.0 Å². The summed E-state index contributed by atoms with van der Waals surface area (Å²) in [5.41, 5.74) is 0. The Labute approximate surface area is 77.6 Å². The summed E-state index contributed by atoms with van der Waals surface area (Å²) in [6.45, 7) is 3.53. The van der Waals surface area contributed by atoms with Gasteiger partial charge in [0.1, 0.15) is 0 Å². The van der Waals surface area contributed by atoms with Gasteiger partial charge in [0.25, 0.3) is 0 Å². The minimum absolute atomic E-state index is 0.157. The predicted octanol–water partition coefficient (Wildman–Crippen LogP) is -0.865. The second-order valence-corrected chi connectivity index (χ2v) is 3.29. The molecule has 0 saturated carbocycles. The maximum atomic E-state index is 10.4. The average Bonchev–Trinajstić information content (AvgIpc) is 1.80. The Hall–Kier alpha value is -0.650. The van der Waals surface area contributed by atoms with Gasteiger partial charge in [0.05, 0.1) is 18.8 Å². The van der Waals surface area contributed by atoms with Crippen LogP contribution in [0.3, 0.4) is 0 Å². The summed E-state index contributed by atoms with van der Waals surface area (Å²) in [4.78, 5) is 11.9. The van der Waals surface area contributed by atoms with Gasteiger partial charge >= 0.3 is 5.97 Å². The van der Waals surface area contributed by atoms with Crippen LogP contribution >= 0.6 is 0 Å². The lowest BCUT2D eigenvalue weighted by atomic mass is 10.3. The van der Waals surface area contributed by atoms with Crippen LogP contribution in [0.1, 0.15) is 13.8 Å². The quantitative estimate of drug-likeness (QED) is 0.508. The van der Waals surface area contributed by atoms with E-state index in [1.54, 1.807) is 13.8 Å². The fraction of sp³-hybridized carbons (Fsp3) is 0.875. The van der Waals surface area contributed by atoms with Crippen molar-refractivity contribution in [1.82, 2.24) is 4.90 Å². The molecule has 0 aliphatic rings. The molecule has 0 spiro atoms. The second-order valence-electron chi connectivity index (χ2n) is 3.29. The third-order valence-corrected chi connectivity index (χ3v) is 1.40. The molecule has 0 aromatic rings. The molecule has 0 fully saturated rings. The highest BCUT2D eigenvalue weighted by atomic mass is 16.4. The summed E-state index contributed by atoms with van der Waals surface area (Å²) in [6, 6.07) is 0. The molecule has 0 saturated heterocycles. The Balaban J connectivity index is 3.95. The first-order valence-corrected chi connectivity index (χ1v) is 4.22. The zero-order valence-corrected chi connectivity index (χ0v) is 7.97. The first kappa shape index (κ1) is 12.3. The molecule has 3 N–H and O–H groups in total. The topological polar surface area (TPSA) is 81.0 Å². The van der Waals surface area contributed by atoms with Crippen molar-refractivity contribution in [1.29, 1.82) is 0 Å². The van der Waals surface area contributed by atoms with Gasteiger partial charge in [0.2, 0.25) is 0 Å². The minimum Gasteiger partial charge on any atom is -0.480 e. The van der Waals surface area contributed by atoms with Crippen molar-refractivity contribution in [3.8, 4) is 0 Å². The molecular weight excluding hydrogens is 174 g/mol. The maximum Gasteiger partial charge on any atom is 0.317 e. The molecular formula is C8H17NO4. The van der Waals surface area contributed by atoms with Gasteiger partial charge in [-0.25, -0.2) is 0 Å². The van der Waals surface area contributed by atoms with Gasteiger partial charge in [0, 0.05) is 13.1 Å². The fourth-order valence-electron chi connectivity index (χ4n) is 1.14. The van der Waals surface area contributed by atoms with Gasteiger partial charge in [-0.05, 0) is 13.8 Å². The summed E-state index contributed by atoms with van der Waals surface area (Å²) >= 11 is 0. The summed E-state index contributed by atoms with van der Waals surface area (Å²) in [5, 5.41) is 26.6. The first-order chi connectivity index (χ1) is 5.91. The number of rotatable bonds is 6. The highest BCUT2D eigenvalue weighted by Gasteiger charge is 2.13. The van der Waals surface area contributed by atoms with Crippen molar-refractivity contribution in [3.63, 3.8) is 0 Å². The van der Waals surface area contributed by atoms with E-state index in [1.165, 1.54) is 4.90 Å². The van der Waals surface area contributed by atoms with Crippen LogP contribution < -0.4 is 0 Å². The van der Waals surface area contributed by atoms with Crippen LogP contribution in [0.2, 0.25) is 0 Å². The van der Waals surface area contributed by atoms with Crippen molar-refractivity contribution in [3.05, 3.63) is 0 Å². The van der Waals surface area contributed by atoms with Crippen molar-refractivity contribution in [2.75, 3.05) is 19.6 Å². The number of carboxylic acids is 1. The van der Waals surface area contributed by atoms with Crippen LogP contribution in [0, 0.1) is 0 Å². The monoisotopic (exact) mass is 191 g/mol. The Bertz CT molecular complexity index is 148. The summed E-state index contributed by atoms with van der Waals surface area (Å²) in [5.74, 6) is -0.957. The van der Waals surface area contributed by atoms with Gasteiger partial charge in [-0.1, -0.05) is 0 Å². The Morgan fingerprint density at radius 3 is 1.85 bits per heavy atom. The molecule has 0 aliphatic heterocycles. The number of hydrogen-bond acceptors (Lipinski definition) is 4. The molecule has 0 radical (unpaired) electrons. The fourth-order valence-corrected chi connectivity index (χ4v) is 1.14. The summed E-state index contributed by atoms with van der Waals surface area (Å²) in [7, 11) is 0. The number of aliphatic carboxylic acids is 1. The number of nitrogens with zero attached hydrogens (tertiary/aromatic N) is 1. The van der Waals surface area contributed by atoms with E-state index in [0.29, 0.717) is 0 Å². The van der Waals surface area contributed by atoms with E-state index in [0.717, 1.165) is 0 Å². The standard InChI is InChI=1S/C8H17NO4/c1-6(10)3-9(4-7(2)11)5-8(12)13/h6-7,10-11H,3-5H2,1-2H3,(H,12,13). The third kappa shape index (κ3) is 7.70. The van der Waals surface area contributed by atoms with Crippen LogP contribution in [0.5, 0.6) is 0 Å². The number of hydrogen-bond donors (Lipinski definition) is 3. The molecule has 0 bridgehead atoms. The van der Waals surface area contributed by atoms with E-state index in [9.17, 15) is 4.79 Å². The van der Waals surface area contributed by atoms with Gasteiger partial charge in [-0.3, -0.25) is 9.69 Å². The predicted molar refractivity (Wildman–Crippen MR) is 47.4 cm³/mol. The van der Waals surface area contributed by atoms with E-state index < -0.39 is 18.2 Å². The molecule has 0 aromatic heterocycles. The van der Waals surface area contributed by atoms with Crippen LogP contribution in [0.15, 0.2) is 0 Å². The molecule has 0 amide bonds. The molecule has 0 aromatic carbocycles. The van der Waals surface area contributed by atoms with Gasteiger partial charge in [-0.15, -0.1) is 0 Å². The number of aliphatic hydroxyl groups is 2. The lowest BCUT2D eigenvalue weighted by molar-refractivity contribution is -0.138. The van der Waals surface area contributed by atoms with Crippen LogP contribution in [-0.2, 0) is 4.79 Å². The molecule has 0 heterocycles. The Kier molecular flexibility index (Phi) is 5.61. The molecule has 0 rings (SSSR count). The molecule has 5 heteroatoms. The van der Waals surface area contributed by atoms with E-state index in [4.69, 9.17) is 15.3 Å². The Morgan fingerprint density at radius 2 is 1.62 bits per heavy atom. The lowest BCUT2D eigenvalue weighted by Gasteiger charge is -2.22. The number of carboxylic acid groups (broad SMARTS) is 1. The first-order valence-electron chi connectivity index (χ1n) is 4.22. The van der Waals surface area contributed by atoms with E-state index in [-0.39, 0.29) is 19.6 Å². The highest BCUT2D eigenvalue weighted by Crippen LogP contribution is 1.95. The second kappa shape index (κ2) is 5.90. The van der Waals surface area contributed by atoms with Gasteiger partial charge in [-0.2, -0.15) is 0 Å². The lowest BCUT2D eigenvalue weighted by Crippen LogP contribution is -2.39. The summed E-state index contributed by atoms with van der Waals surface area (Å²) in [6.07, 6.45) is -1.17. The zero-order chi connectivity index (χ0) is 10.4. The highest BCUT2D eigenvalue weighted by molar-refractivity contribution is 5.69. The average molecular weight is 191 g/mol. The summed E-state index contributed by atoms with van der Waals surface area (Å²) < 4.78 is 0. The molecule has 13 heavy (non-hydrogen) atoms. The molecule has 2 unspecified atom stereocenters. The van der Waals surface area contributed by atoms with Crippen LogP contribution in [0.25, 0.3) is 0 Å². The normalized spacial score (nSPS) is 15.8. The maximum absolute atomic E-state index is 10.4. The van der Waals surface area contributed by atoms with E-state index >= 15 is 0 Å². The van der Waals surface area contributed by atoms with E-state index in [2.05, 4.69) is 0 Å².